The van der Waals surface area contributed by atoms with Gasteiger partial charge in [0.25, 0.3) is 5.91 Å². The van der Waals surface area contributed by atoms with Crippen molar-refractivity contribution in [2.24, 2.45) is 5.73 Å². The Morgan fingerprint density at radius 1 is 1.31 bits per heavy atom. The van der Waals surface area contributed by atoms with Gasteiger partial charge in [-0.25, -0.2) is 4.98 Å². The molecule has 3 heterocycles. The molecule has 29 heavy (non-hydrogen) atoms. The predicted molar refractivity (Wildman–Crippen MR) is 113 cm³/mol. The van der Waals surface area contributed by atoms with Crippen LogP contribution in [0.1, 0.15) is 22.5 Å². The molecular formula is C20H23N5O3S. The lowest BCUT2D eigenvalue weighted by atomic mass is 9.91. The van der Waals surface area contributed by atoms with Gasteiger partial charge >= 0.3 is 0 Å². The summed E-state index contributed by atoms with van der Waals surface area (Å²) in [7, 11) is 3.86. The number of carbonyl (C=O) groups excluding carboxylic acids is 2. The van der Waals surface area contributed by atoms with E-state index in [1.165, 1.54) is 11.3 Å². The Morgan fingerprint density at radius 3 is 2.69 bits per heavy atom. The second kappa shape index (κ2) is 7.49. The molecule has 0 spiro atoms. The number of benzene rings is 1. The topological polar surface area (TPSA) is 102 Å². The quantitative estimate of drug-likeness (QED) is 0.665. The number of nitrogens with two attached hydrogens (primary N) is 1. The first-order chi connectivity index (χ1) is 13.9. The van der Waals surface area contributed by atoms with Crippen LogP contribution < -0.4 is 16.0 Å². The number of hydrogen-bond donors (Lipinski definition) is 2. The molecule has 9 heteroatoms. The number of anilines is 1. The SMILES string of the molecule is CN(C)c1nc2cc(C(=O)N[C@]3(C(N)=O)CCCOC3)sc2n1-c1ccccc1. The van der Waals surface area contributed by atoms with E-state index >= 15 is 0 Å². The maximum Gasteiger partial charge on any atom is 0.262 e. The van der Waals surface area contributed by atoms with E-state index in [9.17, 15) is 9.59 Å². The lowest BCUT2D eigenvalue weighted by Gasteiger charge is -2.34. The molecule has 2 amide bonds. The molecule has 0 bridgehead atoms. The molecule has 4 rings (SSSR count). The molecule has 2 aromatic heterocycles. The van der Waals surface area contributed by atoms with Crippen molar-refractivity contribution >= 4 is 39.4 Å². The number of primary amides is 1. The summed E-state index contributed by atoms with van der Waals surface area (Å²) in [5.41, 5.74) is 6.10. The van der Waals surface area contributed by atoms with Gasteiger partial charge in [-0.05, 0) is 31.0 Å². The van der Waals surface area contributed by atoms with Crippen molar-refractivity contribution in [3.8, 4) is 5.69 Å². The number of aromatic nitrogens is 2. The molecule has 0 unspecified atom stereocenters. The highest BCUT2D eigenvalue weighted by molar-refractivity contribution is 7.20. The number of carbonyl (C=O) groups is 2. The van der Waals surface area contributed by atoms with Gasteiger partial charge in [-0.2, -0.15) is 0 Å². The number of imidazole rings is 1. The summed E-state index contributed by atoms with van der Waals surface area (Å²) >= 11 is 1.33. The van der Waals surface area contributed by atoms with Crippen LogP contribution in [0.5, 0.6) is 0 Å². The van der Waals surface area contributed by atoms with Crippen molar-refractivity contribution in [3.63, 3.8) is 0 Å². The third-order valence-electron chi connectivity index (χ3n) is 5.02. The first-order valence-corrected chi connectivity index (χ1v) is 10.2. The lowest BCUT2D eigenvalue weighted by Crippen LogP contribution is -2.61. The minimum atomic E-state index is -1.17. The number of amides is 2. The van der Waals surface area contributed by atoms with Crippen LogP contribution in [0.15, 0.2) is 36.4 Å². The Labute approximate surface area is 172 Å². The van der Waals surface area contributed by atoms with Gasteiger partial charge in [-0.15, -0.1) is 11.3 Å². The van der Waals surface area contributed by atoms with E-state index in [4.69, 9.17) is 15.5 Å². The summed E-state index contributed by atoms with van der Waals surface area (Å²) in [5.74, 6) is -0.143. The molecule has 0 radical (unpaired) electrons. The number of ether oxygens (including phenoxy) is 1. The first-order valence-electron chi connectivity index (χ1n) is 9.36. The number of nitrogens with one attached hydrogen (secondary N) is 1. The Kier molecular flexibility index (Phi) is 5.01. The molecular weight excluding hydrogens is 390 g/mol. The van der Waals surface area contributed by atoms with Crippen molar-refractivity contribution in [3.05, 3.63) is 41.3 Å². The number of rotatable bonds is 5. The van der Waals surface area contributed by atoms with Crippen LogP contribution in [-0.2, 0) is 9.53 Å². The van der Waals surface area contributed by atoms with Gasteiger partial charge in [0.2, 0.25) is 11.9 Å². The summed E-state index contributed by atoms with van der Waals surface area (Å²) in [6.45, 7) is 0.657. The summed E-state index contributed by atoms with van der Waals surface area (Å²) in [4.78, 5) is 32.9. The summed E-state index contributed by atoms with van der Waals surface area (Å²) in [5, 5.41) is 2.82. The zero-order valence-corrected chi connectivity index (χ0v) is 17.2. The van der Waals surface area contributed by atoms with Gasteiger partial charge in [0.15, 0.2) is 0 Å². The number of hydrogen-bond acceptors (Lipinski definition) is 6. The Bertz CT molecular complexity index is 1050. The number of nitrogens with zero attached hydrogens (tertiary/aromatic N) is 3. The van der Waals surface area contributed by atoms with Crippen molar-refractivity contribution in [1.29, 1.82) is 0 Å². The molecule has 0 aliphatic carbocycles. The van der Waals surface area contributed by atoms with E-state index in [0.29, 0.717) is 24.3 Å². The fraction of sp³-hybridized carbons (Fsp3) is 0.350. The zero-order valence-electron chi connectivity index (χ0n) is 16.3. The van der Waals surface area contributed by atoms with Crippen LogP contribution in [0, 0.1) is 0 Å². The average Bonchev–Trinajstić information content (AvgIpc) is 3.27. The highest BCUT2D eigenvalue weighted by atomic mass is 32.1. The smallest absolute Gasteiger partial charge is 0.262 e. The summed E-state index contributed by atoms with van der Waals surface area (Å²) < 4.78 is 7.43. The molecule has 3 N–H and O–H groups in total. The average molecular weight is 414 g/mol. The maximum absolute atomic E-state index is 12.9. The Morgan fingerprint density at radius 2 is 2.07 bits per heavy atom. The first kappa shape index (κ1) is 19.4. The third-order valence-corrected chi connectivity index (χ3v) is 6.13. The van der Waals surface area contributed by atoms with Gasteiger partial charge < -0.3 is 20.7 Å². The molecule has 1 fully saturated rings. The normalized spacial score (nSPS) is 19.2. The van der Waals surface area contributed by atoms with Crippen LogP contribution in [-0.4, -0.2) is 54.2 Å². The molecule has 1 aliphatic rings. The van der Waals surface area contributed by atoms with Gasteiger partial charge in [0.05, 0.1) is 11.5 Å². The molecule has 152 valence electrons. The third kappa shape index (κ3) is 3.47. The van der Waals surface area contributed by atoms with E-state index in [2.05, 4.69) is 5.32 Å². The van der Waals surface area contributed by atoms with E-state index in [-0.39, 0.29) is 12.5 Å². The van der Waals surface area contributed by atoms with Crippen molar-refractivity contribution < 1.29 is 14.3 Å². The second-order valence-corrected chi connectivity index (χ2v) is 8.37. The number of thiophene rings is 1. The minimum absolute atomic E-state index is 0.0955. The van der Waals surface area contributed by atoms with Gasteiger partial charge in [-0.3, -0.25) is 14.2 Å². The second-order valence-electron chi connectivity index (χ2n) is 7.33. The van der Waals surface area contributed by atoms with Crippen LogP contribution in [0.2, 0.25) is 0 Å². The molecule has 1 aromatic carbocycles. The molecule has 3 aromatic rings. The highest BCUT2D eigenvalue weighted by Gasteiger charge is 2.40. The molecule has 1 saturated heterocycles. The molecule has 0 saturated carbocycles. The number of para-hydroxylation sites is 1. The van der Waals surface area contributed by atoms with E-state index in [1.807, 2.05) is 53.9 Å². The Balaban J connectivity index is 1.72. The van der Waals surface area contributed by atoms with Gasteiger partial charge in [-0.1, -0.05) is 18.2 Å². The van der Waals surface area contributed by atoms with Crippen molar-refractivity contribution in [2.45, 2.75) is 18.4 Å². The molecule has 1 atom stereocenters. The number of fused-ring (bicyclic) bond motifs is 1. The van der Waals surface area contributed by atoms with Gasteiger partial charge in [0, 0.05) is 26.4 Å². The predicted octanol–water partition coefficient (Wildman–Crippen LogP) is 1.92. The standard InChI is InChI=1S/C20H23N5O3S/c1-24(2)19-22-14-11-15(29-17(14)25(19)13-7-4-3-5-8-13)16(26)23-20(18(21)27)9-6-10-28-12-20/h3-5,7-8,11H,6,9-10,12H2,1-2H3,(H2,21,27)(H,23,26)/t20-/m1/s1. The highest BCUT2D eigenvalue weighted by Crippen LogP contribution is 2.33. The summed E-state index contributed by atoms with van der Waals surface area (Å²) in [6.07, 6.45) is 1.14. The maximum atomic E-state index is 12.9. The largest absolute Gasteiger partial charge is 0.378 e. The van der Waals surface area contributed by atoms with Crippen molar-refractivity contribution in [1.82, 2.24) is 14.9 Å². The lowest BCUT2D eigenvalue weighted by molar-refractivity contribution is -0.129. The summed E-state index contributed by atoms with van der Waals surface area (Å²) in [6, 6.07) is 11.6. The van der Waals surface area contributed by atoms with Crippen LogP contribution in [0.3, 0.4) is 0 Å². The molecule has 8 nitrogen and oxygen atoms in total. The fourth-order valence-corrected chi connectivity index (χ4v) is 4.52. The fourth-order valence-electron chi connectivity index (χ4n) is 3.51. The minimum Gasteiger partial charge on any atom is -0.378 e. The van der Waals surface area contributed by atoms with Crippen molar-refractivity contribution in [2.75, 3.05) is 32.2 Å². The van der Waals surface area contributed by atoms with Crippen LogP contribution in [0.4, 0.5) is 5.95 Å². The van der Waals surface area contributed by atoms with E-state index < -0.39 is 11.4 Å². The monoisotopic (exact) mass is 413 g/mol. The van der Waals surface area contributed by atoms with Crippen LogP contribution in [0.25, 0.3) is 16.0 Å². The zero-order chi connectivity index (χ0) is 20.6. The van der Waals surface area contributed by atoms with Gasteiger partial charge in [0.1, 0.15) is 15.9 Å². The molecule has 1 aliphatic heterocycles. The van der Waals surface area contributed by atoms with Crippen LogP contribution >= 0.6 is 11.3 Å². The Hall–Kier alpha value is -2.91. The van der Waals surface area contributed by atoms with E-state index in [0.717, 1.165) is 22.0 Å². The van der Waals surface area contributed by atoms with E-state index in [1.54, 1.807) is 6.07 Å².